The molecule has 25 heavy (non-hydrogen) atoms. The van der Waals surface area contributed by atoms with Gasteiger partial charge in [-0.05, 0) is 31.3 Å². The summed E-state index contributed by atoms with van der Waals surface area (Å²) >= 11 is 3.59. The molecule has 1 aromatic heterocycles. The predicted octanol–water partition coefficient (Wildman–Crippen LogP) is 0.266. The second-order valence-electron chi connectivity index (χ2n) is 6.95. The Labute approximate surface area is 170 Å². The van der Waals surface area contributed by atoms with Crippen molar-refractivity contribution in [2.24, 2.45) is 0 Å². The molecular formula is C19H20BrLiN2OSi. The summed E-state index contributed by atoms with van der Waals surface area (Å²) in [4.78, 5) is 0.807. The van der Waals surface area contributed by atoms with Crippen molar-refractivity contribution in [1.29, 1.82) is 0 Å². The molecule has 0 amide bonds. The van der Waals surface area contributed by atoms with Crippen molar-refractivity contribution < 1.29 is 18.9 Å². The molecule has 2 aromatic carbocycles. The van der Waals surface area contributed by atoms with Gasteiger partial charge in [-0.15, -0.1) is 0 Å². The number of halogens is 1. The first-order valence-electron chi connectivity index (χ1n) is 7.91. The van der Waals surface area contributed by atoms with E-state index in [0.717, 1.165) is 14.6 Å². The molecule has 0 aliphatic heterocycles. The largest absolute Gasteiger partial charge is 1.00 e. The third-order valence-corrected chi connectivity index (χ3v) is 11.4. The summed E-state index contributed by atoms with van der Waals surface area (Å²) in [7, 11) is -2.62. The van der Waals surface area contributed by atoms with Crippen molar-refractivity contribution >= 4 is 39.7 Å². The molecule has 0 saturated heterocycles. The van der Waals surface area contributed by atoms with Gasteiger partial charge < -0.3 is 10.1 Å². The minimum atomic E-state index is -2.62. The zero-order chi connectivity index (χ0) is 17.4. The zero-order valence-electron chi connectivity index (χ0n) is 15.0. The number of hydrogen-bond acceptors (Lipinski definition) is 2. The average Bonchev–Trinajstić information content (AvgIpc) is 2.89. The van der Waals surface area contributed by atoms with Gasteiger partial charge >= 0.3 is 18.9 Å². The van der Waals surface area contributed by atoms with Crippen molar-refractivity contribution in [3.63, 3.8) is 0 Å². The Bertz CT molecular complexity index is 773. The van der Waals surface area contributed by atoms with Gasteiger partial charge in [-0.2, -0.15) is 5.10 Å². The van der Waals surface area contributed by atoms with Gasteiger partial charge in [0.05, 0.1) is 10.7 Å². The van der Waals surface area contributed by atoms with E-state index in [1.807, 2.05) is 36.4 Å². The Balaban J connectivity index is 0.00000225. The molecular weight excluding hydrogens is 387 g/mol. The number of hydrogen-bond donors (Lipinski definition) is 0. The van der Waals surface area contributed by atoms with E-state index >= 15 is 0 Å². The molecule has 3 nitrogen and oxygen atoms in total. The van der Waals surface area contributed by atoms with Crippen LogP contribution >= 0.6 is 15.9 Å². The topological polar surface area (TPSA) is 40.9 Å². The van der Waals surface area contributed by atoms with Crippen LogP contribution in [-0.4, -0.2) is 18.0 Å². The summed E-state index contributed by atoms with van der Waals surface area (Å²) in [5.74, 6) is 0. The first-order valence-corrected chi connectivity index (χ1v) is 10.7. The van der Waals surface area contributed by atoms with Gasteiger partial charge in [0.15, 0.2) is 8.07 Å². The van der Waals surface area contributed by atoms with Gasteiger partial charge in [0.1, 0.15) is 0 Å². The van der Waals surface area contributed by atoms with Crippen LogP contribution in [0.4, 0.5) is 0 Å². The monoisotopic (exact) mass is 406 g/mol. The van der Waals surface area contributed by atoms with Gasteiger partial charge in [0, 0.05) is 5.32 Å². The van der Waals surface area contributed by atoms with Crippen molar-refractivity contribution in [3.05, 3.63) is 76.5 Å². The predicted molar refractivity (Wildman–Crippen MR) is 106 cm³/mol. The molecule has 0 aliphatic carbocycles. The van der Waals surface area contributed by atoms with Crippen LogP contribution in [0.15, 0.2) is 71.3 Å². The fourth-order valence-corrected chi connectivity index (χ4v) is 10.3. The van der Waals surface area contributed by atoms with E-state index in [1.54, 1.807) is 6.20 Å². The van der Waals surface area contributed by atoms with E-state index in [0.29, 0.717) is 0 Å². The van der Waals surface area contributed by atoms with Gasteiger partial charge in [0.2, 0.25) is 0 Å². The molecule has 0 aliphatic rings. The molecule has 3 aromatic rings. The first-order chi connectivity index (χ1) is 11.4. The van der Waals surface area contributed by atoms with Crippen LogP contribution in [0.2, 0.25) is 5.04 Å². The Hall–Kier alpha value is -1.26. The first kappa shape index (κ1) is 20.1. The summed E-state index contributed by atoms with van der Waals surface area (Å²) < 4.78 is 0.784. The van der Waals surface area contributed by atoms with Crippen LogP contribution in [0.1, 0.15) is 20.8 Å². The van der Waals surface area contributed by atoms with Crippen molar-refractivity contribution in [3.8, 4) is 0 Å². The SMILES string of the molecule is CC(C)(C)[Si](c1ccccc1)(c1ccccc1)c1c(Br)cnn1[O-].[Li+]. The second-order valence-corrected chi connectivity index (χ2v) is 12.4. The molecule has 0 saturated carbocycles. The molecule has 3 rings (SSSR count). The van der Waals surface area contributed by atoms with E-state index in [2.05, 4.69) is 66.1 Å². The van der Waals surface area contributed by atoms with Gasteiger partial charge in [-0.25, -0.2) is 0 Å². The summed E-state index contributed by atoms with van der Waals surface area (Å²) in [5.41, 5.74) is 0. The molecule has 124 valence electrons. The van der Waals surface area contributed by atoms with Gasteiger partial charge in [-0.1, -0.05) is 81.4 Å². The standard InChI is InChI=1S/C19H20BrN2OSi.Li/c1-19(2,3)24(15-10-6-4-7-11-15,16-12-8-5-9-13-16)18-17(20)14-21-22(18)23;/h4-14H,1-3H3;/q-1;+1. The Morgan fingerprint density at radius 1 is 0.920 bits per heavy atom. The molecule has 0 fully saturated rings. The molecule has 0 atom stereocenters. The van der Waals surface area contributed by atoms with Gasteiger partial charge in [0.25, 0.3) is 0 Å². The molecule has 0 radical (unpaired) electrons. The maximum absolute atomic E-state index is 12.7. The Morgan fingerprint density at radius 3 is 1.68 bits per heavy atom. The summed E-state index contributed by atoms with van der Waals surface area (Å²) in [6, 6.07) is 20.8. The average molecular weight is 407 g/mol. The third kappa shape index (κ3) is 3.27. The van der Waals surface area contributed by atoms with Crippen molar-refractivity contribution in [2.75, 3.05) is 0 Å². The fraction of sp³-hybridized carbons (Fsp3) is 0.211. The Morgan fingerprint density at radius 2 is 1.36 bits per heavy atom. The van der Waals surface area contributed by atoms with Crippen LogP contribution in [0.25, 0.3) is 0 Å². The van der Waals surface area contributed by atoms with Crippen LogP contribution in [0, 0.1) is 5.21 Å². The minimum absolute atomic E-state index is 0. The van der Waals surface area contributed by atoms with E-state index in [4.69, 9.17) is 0 Å². The number of nitrogens with zero attached hydrogens (tertiary/aromatic N) is 2. The number of rotatable bonds is 3. The smallest absolute Gasteiger partial charge is 0.790 e. The maximum atomic E-state index is 12.7. The molecule has 0 bridgehead atoms. The molecule has 1 heterocycles. The summed E-state index contributed by atoms with van der Waals surface area (Å²) in [6.07, 6.45) is 1.61. The number of benzene rings is 2. The fourth-order valence-electron chi connectivity index (χ4n) is 3.67. The minimum Gasteiger partial charge on any atom is -0.790 e. The van der Waals surface area contributed by atoms with E-state index in [-0.39, 0.29) is 23.9 Å². The second kappa shape index (κ2) is 7.55. The zero-order valence-corrected chi connectivity index (χ0v) is 17.6. The molecule has 0 N–H and O–H groups in total. The van der Waals surface area contributed by atoms with E-state index in [1.165, 1.54) is 10.4 Å². The van der Waals surface area contributed by atoms with Crippen LogP contribution in [0.5, 0.6) is 0 Å². The van der Waals surface area contributed by atoms with E-state index < -0.39 is 8.07 Å². The normalized spacial score (nSPS) is 11.8. The van der Waals surface area contributed by atoms with Crippen LogP contribution in [0.3, 0.4) is 0 Å². The van der Waals surface area contributed by atoms with E-state index in [9.17, 15) is 5.21 Å². The van der Waals surface area contributed by atoms with Crippen molar-refractivity contribution in [2.45, 2.75) is 25.8 Å². The molecule has 6 heteroatoms. The molecule has 0 spiro atoms. The third-order valence-electron chi connectivity index (χ3n) is 4.59. The summed E-state index contributed by atoms with van der Waals surface area (Å²) in [5, 5.41) is 19.7. The van der Waals surface area contributed by atoms with Gasteiger partial charge in [-0.3, -0.25) is 0 Å². The van der Waals surface area contributed by atoms with Crippen molar-refractivity contribution in [1.82, 2.24) is 9.94 Å². The molecule has 0 unspecified atom stereocenters. The summed E-state index contributed by atoms with van der Waals surface area (Å²) in [6.45, 7) is 6.66. The van der Waals surface area contributed by atoms with Crippen LogP contribution < -0.4 is 34.6 Å². The quantitative estimate of drug-likeness (QED) is 0.585. The number of aromatic nitrogens is 2. The van der Waals surface area contributed by atoms with Crippen LogP contribution in [-0.2, 0) is 0 Å². The Kier molecular flexibility index (Phi) is 6.06. The maximum Gasteiger partial charge on any atom is 1.00 e.